The van der Waals surface area contributed by atoms with Crippen molar-refractivity contribution < 1.29 is 9.12 Å². The third-order valence-corrected chi connectivity index (χ3v) is 2.64. The third-order valence-electron chi connectivity index (χ3n) is 1.87. The molecular weight excluding hydrogens is 272 g/mol. The molecule has 0 unspecified atom stereocenters. The van der Waals surface area contributed by atoms with E-state index in [1.165, 1.54) is 24.4 Å². The number of aromatic nitrogens is 1. The van der Waals surface area contributed by atoms with E-state index in [9.17, 15) is 9.60 Å². The summed E-state index contributed by atoms with van der Waals surface area (Å²) >= 11 is 8.89. The number of halogens is 3. The Kier molecular flexibility index (Phi) is 2.33. The summed E-state index contributed by atoms with van der Waals surface area (Å²) in [6, 6.07) is 4.17. The minimum absolute atomic E-state index is 0.146. The molecule has 5 heteroatoms. The largest absolute Gasteiger partial charge is 0.618 e. The van der Waals surface area contributed by atoms with Gasteiger partial charge in [-0.2, -0.15) is 4.73 Å². The van der Waals surface area contributed by atoms with Crippen LogP contribution in [0.2, 0.25) is 5.02 Å². The number of benzene rings is 1. The standard InChI is InChI=1S/C9H4BrClFNO/c10-5-3-7(12)9-6(11)1-2-13(14)8(9)4-5/h1-4H. The maximum atomic E-state index is 13.4. The lowest BCUT2D eigenvalue weighted by atomic mass is 10.2. The fourth-order valence-electron chi connectivity index (χ4n) is 1.27. The first-order valence-corrected chi connectivity index (χ1v) is 4.93. The van der Waals surface area contributed by atoms with Crippen molar-refractivity contribution in [2.45, 2.75) is 0 Å². The number of fused-ring (bicyclic) bond motifs is 1. The van der Waals surface area contributed by atoms with E-state index in [1.54, 1.807) is 0 Å². The molecule has 0 saturated heterocycles. The molecule has 2 aromatic rings. The Morgan fingerprint density at radius 1 is 1.43 bits per heavy atom. The molecule has 2 nitrogen and oxygen atoms in total. The maximum absolute atomic E-state index is 13.4. The lowest BCUT2D eigenvalue weighted by Gasteiger charge is -2.04. The van der Waals surface area contributed by atoms with Crippen LogP contribution in [0.1, 0.15) is 0 Å². The molecule has 72 valence electrons. The van der Waals surface area contributed by atoms with Gasteiger partial charge >= 0.3 is 0 Å². The van der Waals surface area contributed by atoms with Gasteiger partial charge in [-0.05, 0) is 6.07 Å². The van der Waals surface area contributed by atoms with Gasteiger partial charge in [0.15, 0.2) is 6.20 Å². The topological polar surface area (TPSA) is 26.9 Å². The Labute approximate surface area is 92.6 Å². The molecule has 0 spiro atoms. The number of nitrogens with zero attached hydrogens (tertiary/aromatic N) is 1. The van der Waals surface area contributed by atoms with E-state index in [0.717, 1.165) is 0 Å². The highest BCUT2D eigenvalue weighted by Gasteiger charge is 2.13. The van der Waals surface area contributed by atoms with Gasteiger partial charge in [0, 0.05) is 16.6 Å². The van der Waals surface area contributed by atoms with Crippen LogP contribution in [0.15, 0.2) is 28.9 Å². The fourth-order valence-corrected chi connectivity index (χ4v) is 1.93. The van der Waals surface area contributed by atoms with Crippen molar-refractivity contribution in [2.24, 2.45) is 0 Å². The molecule has 0 atom stereocenters. The summed E-state index contributed by atoms with van der Waals surface area (Å²) in [7, 11) is 0. The third kappa shape index (κ3) is 1.44. The molecule has 0 aliphatic carbocycles. The molecule has 1 aromatic carbocycles. The van der Waals surface area contributed by atoms with Crippen LogP contribution >= 0.6 is 27.5 Å². The fraction of sp³-hybridized carbons (Fsp3) is 0. The zero-order chi connectivity index (χ0) is 10.3. The molecule has 0 bridgehead atoms. The molecular formula is C9H4BrClFNO. The summed E-state index contributed by atoms with van der Waals surface area (Å²) in [5.41, 5.74) is 0.212. The van der Waals surface area contributed by atoms with Crippen LogP contribution < -0.4 is 4.73 Å². The molecule has 0 N–H and O–H groups in total. The first-order chi connectivity index (χ1) is 6.59. The van der Waals surface area contributed by atoms with Crippen LogP contribution in [-0.2, 0) is 0 Å². The molecule has 0 amide bonds. The minimum Gasteiger partial charge on any atom is -0.618 e. The number of rotatable bonds is 0. The maximum Gasteiger partial charge on any atom is 0.229 e. The number of pyridine rings is 1. The first-order valence-electron chi connectivity index (χ1n) is 3.76. The van der Waals surface area contributed by atoms with Gasteiger partial charge < -0.3 is 5.21 Å². The first kappa shape index (κ1) is 9.68. The SMILES string of the molecule is [O-][n+]1ccc(Cl)c2c(F)cc(Br)cc21. The van der Waals surface area contributed by atoms with Crippen LogP contribution in [0.4, 0.5) is 4.39 Å². The smallest absolute Gasteiger partial charge is 0.229 e. The highest BCUT2D eigenvalue weighted by molar-refractivity contribution is 9.10. The lowest BCUT2D eigenvalue weighted by molar-refractivity contribution is -0.577. The molecule has 14 heavy (non-hydrogen) atoms. The Hall–Kier alpha value is -0.870. The van der Waals surface area contributed by atoms with E-state index in [4.69, 9.17) is 11.6 Å². The second-order valence-electron chi connectivity index (χ2n) is 2.77. The monoisotopic (exact) mass is 275 g/mol. The summed E-state index contributed by atoms with van der Waals surface area (Å²) < 4.78 is 14.5. The average Bonchev–Trinajstić information content (AvgIpc) is 2.10. The van der Waals surface area contributed by atoms with Crippen molar-refractivity contribution in [3.63, 3.8) is 0 Å². The van der Waals surface area contributed by atoms with Crippen LogP contribution in [-0.4, -0.2) is 0 Å². The zero-order valence-electron chi connectivity index (χ0n) is 6.80. The minimum atomic E-state index is -0.510. The molecule has 1 aromatic heterocycles. The second kappa shape index (κ2) is 3.37. The highest BCUT2D eigenvalue weighted by atomic mass is 79.9. The van der Waals surface area contributed by atoms with Crippen LogP contribution in [0, 0.1) is 11.0 Å². The van der Waals surface area contributed by atoms with Crippen LogP contribution in [0.3, 0.4) is 0 Å². The van der Waals surface area contributed by atoms with E-state index in [2.05, 4.69) is 15.9 Å². The molecule has 0 radical (unpaired) electrons. The average molecular weight is 276 g/mol. The van der Waals surface area contributed by atoms with Gasteiger partial charge in [-0.25, -0.2) is 4.39 Å². The summed E-state index contributed by atoms with van der Waals surface area (Å²) in [6.45, 7) is 0. The predicted molar refractivity (Wildman–Crippen MR) is 55.6 cm³/mol. The van der Waals surface area contributed by atoms with Gasteiger partial charge in [-0.1, -0.05) is 27.5 Å². The summed E-state index contributed by atoms with van der Waals surface area (Å²) in [5, 5.41) is 11.7. The van der Waals surface area contributed by atoms with E-state index < -0.39 is 5.82 Å². The van der Waals surface area contributed by atoms with E-state index in [1.807, 2.05) is 0 Å². The van der Waals surface area contributed by atoms with Crippen LogP contribution in [0.25, 0.3) is 10.9 Å². The van der Waals surface area contributed by atoms with E-state index in [0.29, 0.717) is 9.20 Å². The van der Waals surface area contributed by atoms with Gasteiger partial charge in [-0.15, -0.1) is 0 Å². The summed E-state index contributed by atoms with van der Waals surface area (Å²) in [4.78, 5) is 0. The summed E-state index contributed by atoms with van der Waals surface area (Å²) in [5.74, 6) is -0.510. The summed E-state index contributed by atoms with van der Waals surface area (Å²) in [6.07, 6.45) is 1.25. The Morgan fingerprint density at radius 3 is 2.86 bits per heavy atom. The van der Waals surface area contributed by atoms with Crippen molar-refractivity contribution in [1.82, 2.24) is 0 Å². The van der Waals surface area contributed by atoms with E-state index >= 15 is 0 Å². The van der Waals surface area contributed by atoms with Gasteiger partial charge in [0.25, 0.3) is 0 Å². The highest BCUT2D eigenvalue weighted by Crippen LogP contribution is 2.26. The van der Waals surface area contributed by atoms with Gasteiger partial charge in [0.2, 0.25) is 5.52 Å². The Bertz CT molecular complexity index is 518. The molecule has 0 aliphatic heterocycles. The number of hydrogen-bond donors (Lipinski definition) is 0. The Balaban J connectivity index is 3.00. The second-order valence-corrected chi connectivity index (χ2v) is 4.09. The van der Waals surface area contributed by atoms with Crippen molar-refractivity contribution >= 4 is 38.4 Å². The molecule has 2 rings (SSSR count). The van der Waals surface area contributed by atoms with Gasteiger partial charge in [0.1, 0.15) is 11.2 Å². The molecule has 0 saturated carbocycles. The predicted octanol–water partition coefficient (Wildman–Crippen LogP) is 3.03. The number of hydrogen-bond acceptors (Lipinski definition) is 1. The van der Waals surface area contributed by atoms with E-state index in [-0.39, 0.29) is 15.9 Å². The van der Waals surface area contributed by atoms with Crippen molar-refractivity contribution in [2.75, 3.05) is 0 Å². The van der Waals surface area contributed by atoms with Crippen molar-refractivity contribution in [1.29, 1.82) is 0 Å². The molecule has 0 fully saturated rings. The van der Waals surface area contributed by atoms with Crippen molar-refractivity contribution in [3.8, 4) is 0 Å². The Morgan fingerprint density at radius 2 is 2.14 bits per heavy atom. The lowest BCUT2D eigenvalue weighted by Crippen LogP contribution is -2.26. The quantitative estimate of drug-likeness (QED) is 0.537. The van der Waals surface area contributed by atoms with Gasteiger partial charge in [0.05, 0.1) is 5.02 Å². The molecule has 1 heterocycles. The van der Waals surface area contributed by atoms with Gasteiger partial charge in [-0.3, -0.25) is 0 Å². The zero-order valence-corrected chi connectivity index (χ0v) is 9.14. The normalized spacial score (nSPS) is 10.8. The molecule has 0 aliphatic rings. The van der Waals surface area contributed by atoms with Crippen LogP contribution in [0.5, 0.6) is 0 Å². The van der Waals surface area contributed by atoms with Crippen molar-refractivity contribution in [3.05, 3.63) is 44.9 Å².